The Morgan fingerprint density at radius 1 is 1.35 bits per heavy atom. The maximum absolute atomic E-state index is 12.8. The molecule has 1 aromatic rings. The number of nitrogen functional groups attached to an aromatic ring is 1. The van der Waals surface area contributed by atoms with E-state index in [9.17, 15) is 8.42 Å². The Balaban J connectivity index is 2.40. The average molecular weight is 296 g/mol. The lowest BCUT2D eigenvalue weighted by molar-refractivity contribution is 0.261. The SMILES string of the molecule is CCC1CCCN(S(=O)(=O)c2cc(C)cc(N)c2C)C1. The van der Waals surface area contributed by atoms with E-state index >= 15 is 0 Å². The molecular weight excluding hydrogens is 272 g/mol. The van der Waals surface area contributed by atoms with Crippen molar-refractivity contribution in [3.63, 3.8) is 0 Å². The first-order valence-corrected chi connectivity index (χ1v) is 8.67. The van der Waals surface area contributed by atoms with Gasteiger partial charge in [0.25, 0.3) is 0 Å². The largest absolute Gasteiger partial charge is 0.398 e. The van der Waals surface area contributed by atoms with Gasteiger partial charge in [-0.2, -0.15) is 4.31 Å². The van der Waals surface area contributed by atoms with Gasteiger partial charge in [0.1, 0.15) is 0 Å². The molecule has 0 amide bonds. The van der Waals surface area contributed by atoms with Gasteiger partial charge in [-0.25, -0.2) is 8.42 Å². The summed E-state index contributed by atoms with van der Waals surface area (Å²) in [5, 5.41) is 0. The summed E-state index contributed by atoms with van der Waals surface area (Å²) in [7, 11) is -3.43. The molecule has 1 heterocycles. The van der Waals surface area contributed by atoms with Gasteiger partial charge in [0.2, 0.25) is 10.0 Å². The van der Waals surface area contributed by atoms with E-state index in [0.29, 0.717) is 35.2 Å². The molecule has 0 saturated carbocycles. The van der Waals surface area contributed by atoms with Crippen LogP contribution >= 0.6 is 0 Å². The zero-order chi connectivity index (χ0) is 14.9. The number of sulfonamides is 1. The first-order chi connectivity index (χ1) is 9.36. The van der Waals surface area contributed by atoms with Gasteiger partial charge in [0.05, 0.1) is 4.90 Å². The predicted molar refractivity (Wildman–Crippen MR) is 82.1 cm³/mol. The van der Waals surface area contributed by atoms with Gasteiger partial charge >= 0.3 is 0 Å². The van der Waals surface area contributed by atoms with Crippen LogP contribution in [0, 0.1) is 19.8 Å². The smallest absolute Gasteiger partial charge is 0.243 e. The molecule has 1 unspecified atom stereocenters. The van der Waals surface area contributed by atoms with Crippen LogP contribution in [-0.4, -0.2) is 25.8 Å². The standard InChI is InChI=1S/C15H24N2O2S/c1-4-13-6-5-7-17(10-13)20(18,19)15-9-11(2)8-14(16)12(15)3/h8-9,13H,4-7,10,16H2,1-3H3. The fourth-order valence-electron chi connectivity index (χ4n) is 2.84. The number of hydrogen-bond donors (Lipinski definition) is 1. The molecule has 0 aromatic heterocycles. The normalized spacial score (nSPS) is 21.1. The topological polar surface area (TPSA) is 63.4 Å². The molecule has 2 rings (SSSR count). The number of aryl methyl sites for hydroxylation is 1. The lowest BCUT2D eigenvalue weighted by Crippen LogP contribution is -2.40. The van der Waals surface area contributed by atoms with Crippen molar-refractivity contribution in [2.45, 2.75) is 44.9 Å². The monoisotopic (exact) mass is 296 g/mol. The van der Waals surface area contributed by atoms with E-state index in [2.05, 4.69) is 6.92 Å². The van der Waals surface area contributed by atoms with Crippen LogP contribution in [0.15, 0.2) is 17.0 Å². The minimum atomic E-state index is -3.43. The number of nitrogens with two attached hydrogens (primary N) is 1. The number of rotatable bonds is 3. The van der Waals surface area contributed by atoms with Gasteiger partial charge < -0.3 is 5.73 Å². The van der Waals surface area contributed by atoms with Crippen molar-refractivity contribution in [3.8, 4) is 0 Å². The summed E-state index contributed by atoms with van der Waals surface area (Å²) in [6, 6.07) is 3.55. The van der Waals surface area contributed by atoms with Gasteiger partial charge in [-0.3, -0.25) is 0 Å². The van der Waals surface area contributed by atoms with E-state index in [1.807, 2.05) is 13.0 Å². The lowest BCUT2D eigenvalue weighted by atomic mass is 9.97. The van der Waals surface area contributed by atoms with Crippen molar-refractivity contribution in [2.24, 2.45) is 5.92 Å². The minimum Gasteiger partial charge on any atom is -0.398 e. The maximum Gasteiger partial charge on any atom is 0.243 e. The summed E-state index contributed by atoms with van der Waals surface area (Å²) in [6.45, 7) is 7.03. The van der Waals surface area contributed by atoms with Gasteiger partial charge in [0.15, 0.2) is 0 Å². The van der Waals surface area contributed by atoms with Crippen molar-refractivity contribution in [1.82, 2.24) is 4.31 Å². The van der Waals surface area contributed by atoms with Crippen LogP contribution in [0.3, 0.4) is 0 Å². The highest BCUT2D eigenvalue weighted by Gasteiger charge is 2.31. The first kappa shape index (κ1) is 15.3. The van der Waals surface area contributed by atoms with Gasteiger partial charge in [-0.15, -0.1) is 0 Å². The third-order valence-corrected chi connectivity index (χ3v) is 6.21. The molecule has 112 valence electrons. The molecular formula is C15H24N2O2S. The van der Waals surface area contributed by atoms with Crippen LogP contribution in [0.2, 0.25) is 0 Å². The third kappa shape index (κ3) is 2.83. The number of nitrogens with zero attached hydrogens (tertiary/aromatic N) is 1. The second-order valence-electron chi connectivity index (χ2n) is 5.76. The second kappa shape index (κ2) is 5.74. The lowest BCUT2D eigenvalue weighted by Gasteiger charge is -2.32. The number of benzene rings is 1. The molecule has 1 atom stereocenters. The van der Waals surface area contributed by atoms with Crippen molar-refractivity contribution < 1.29 is 8.42 Å². The molecule has 2 N–H and O–H groups in total. The molecule has 0 bridgehead atoms. The summed E-state index contributed by atoms with van der Waals surface area (Å²) in [6.07, 6.45) is 3.09. The number of piperidine rings is 1. The van der Waals surface area contributed by atoms with E-state index in [4.69, 9.17) is 5.73 Å². The third-order valence-electron chi connectivity index (χ3n) is 4.22. The fourth-order valence-corrected chi connectivity index (χ4v) is 4.73. The molecule has 1 aliphatic heterocycles. The summed E-state index contributed by atoms with van der Waals surface area (Å²) in [4.78, 5) is 0.367. The van der Waals surface area contributed by atoms with Crippen molar-refractivity contribution >= 4 is 15.7 Å². The quantitative estimate of drug-likeness (QED) is 0.872. The molecule has 0 spiro atoms. The summed E-state index contributed by atoms with van der Waals surface area (Å²) >= 11 is 0. The van der Waals surface area contributed by atoms with Gasteiger partial charge in [0, 0.05) is 18.8 Å². The Morgan fingerprint density at radius 2 is 2.05 bits per heavy atom. The van der Waals surface area contributed by atoms with Crippen molar-refractivity contribution in [1.29, 1.82) is 0 Å². The maximum atomic E-state index is 12.8. The van der Waals surface area contributed by atoms with Crippen LogP contribution in [0.5, 0.6) is 0 Å². The molecule has 1 aromatic carbocycles. The van der Waals surface area contributed by atoms with Crippen molar-refractivity contribution in [3.05, 3.63) is 23.3 Å². The van der Waals surface area contributed by atoms with E-state index in [1.54, 1.807) is 17.3 Å². The van der Waals surface area contributed by atoms with E-state index in [-0.39, 0.29) is 0 Å². The fraction of sp³-hybridized carbons (Fsp3) is 0.600. The van der Waals surface area contributed by atoms with Crippen LogP contribution in [0.4, 0.5) is 5.69 Å². The van der Waals surface area contributed by atoms with E-state index in [0.717, 1.165) is 24.8 Å². The van der Waals surface area contributed by atoms with Crippen molar-refractivity contribution in [2.75, 3.05) is 18.8 Å². The van der Waals surface area contributed by atoms with E-state index < -0.39 is 10.0 Å². The zero-order valence-corrected chi connectivity index (χ0v) is 13.3. The highest BCUT2D eigenvalue weighted by atomic mass is 32.2. The summed E-state index contributed by atoms with van der Waals surface area (Å²) in [5.74, 6) is 0.473. The number of hydrogen-bond acceptors (Lipinski definition) is 3. The van der Waals surface area contributed by atoms with E-state index in [1.165, 1.54) is 0 Å². The minimum absolute atomic E-state index is 0.367. The highest BCUT2D eigenvalue weighted by molar-refractivity contribution is 7.89. The Morgan fingerprint density at radius 3 is 2.70 bits per heavy atom. The Bertz CT molecular complexity index is 596. The molecule has 1 aliphatic rings. The summed E-state index contributed by atoms with van der Waals surface area (Å²) in [5.41, 5.74) is 8.01. The summed E-state index contributed by atoms with van der Waals surface area (Å²) < 4.78 is 27.3. The molecule has 1 saturated heterocycles. The van der Waals surface area contributed by atoms with Gasteiger partial charge in [-0.05, 0) is 55.9 Å². The molecule has 4 nitrogen and oxygen atoms in total. The highest BCUT2D eigenvalue weighted by Crippen LogP contribution is 2.29. The molecule has 0 aliphatic carbocycles. The van der Waals surface area contributed by atoms with Gasteiger partial charge in [-0.1, -0.05) is 13.3 Å². The van der Waals surface area contributed by atoms with Crippen LogP contribution < -0.4 is 5.73 Å². The zero-order valence-electron chi connectivity index (χ0n) is 12.5. The molecule has 5 heteroatoms. The molecule has 1 fully saturated rings. The second-order valence-corrected chi connectivity index (χ2v) is 7.66. The predicted octanol–water partition coefficient (Wildman–Crippen LogP) is 2.70. The van der Waals surface area contributed by atoms with Crippen LogP contribution in [0.25, 0.3) is 0 Å². The first-order valence-electron chi connectivity index (χ1n) is 7.23. The molecule has 0 radical (unpaired) electrons. The Hall–Kier alpha value is -1.07. The van der Waals surface area contributed by atoms with Crippen LogP contribution in [-0.2, 0) is 10.0 Å². The molecule has 20 heavy (non-hydrogen) atoms. The van der Waals surface area contributed by atoms with Crippen LogP contribution in [0.1, 0.15) is 37.3 Å². The number of anilines is 1. The Labute approximate surface area is 122 Å². The average Bonchev–Trinajstić information content (AvgIpc) is 2.42. The Kier molecular flexibility index (Phi) is 4.39.